The molecule has 1 heterocycles. The van der Waals surface area contributed by atoms with E-state index in [-0.39, 0.29) is 17.3 Å². The zero-order chi connectivity index (χ0) is 25.2. The molecule has 0 bridgehead atoms. The van der Waals surface area contributed by atoms with Crippen molar-refractivity contribution in [2.75, 3.05) is 29.6 Å². The summed E-state index contributed by atoms with van der Waals surface area (Å²) >= 11 is 1.07. The van der Waals surface area contributed by atoms with Gasteiger partial charge in [0.2, 0.25) is 0 Å². The van der Waals surface area contributed by atoms with Crippen LogP contribution < -0.4 is 0 Å². The van der Waals surface area contributed by atoms with Crippen LogP contribution in [0.5, 0.6) is 0 Å². The number of ether oxygens (including phenoxy) is 1. The average Bonchev–Trinajstić information content (AvgIpc) is 2.81. The van der Waals surface area contributed by atoms with Crippen molar-refractivity contribution in [3.8, 4) is 6.07 Å². The van der Waals surface area contributed by atoms with Gasteiger partial charge in [-0.1, -0.05) is 38.5 Å². The summed E-state index contributed by atoms with van der Waals surface area (Å²) in [6.45, 7) is 3.21. The van der Waals surface area contributed by atoms with E-state index in [0.717, 1.165) is 48.7 Å². The monoisotopic (exact) mass is 530 g/mol. The molecular weight excluding hydrogens is 496 g/mol. The molecule has 1 aromatic rings. The van der Waals surface area contributed by atoms with Crippen LogP contribution in [0.1, 0.15) is 69.2 Å². The molecule has 0 radical (unpaired) electrons. The van der Waals surface area contributed by atoms with Crippen LogP contribution in [0, 0.1) is 11.3 Å². The third-order valence-corrected chi connectivity index (χ3v) is 10.9. The number of unbranched alkanes of at least 4 members (excludes halogenated alkanes) is 2. The van der Waals surface area contributed by atoms with E-state index in [2.05, 4.69) is 11.1 Å². The molecule has 0 fully saturated rings. The number of carbonyl (C=O) groups excluding carboxylic acids is 1. The Bertz CT molecular complexity index is 1090. The summed E-state index contributed by atoms with van der Waals surface area (Å²) in [5.41, 5.74) is 2.42. The Morgan fingerprint density at radius 3 is 2.50 bits per heavy atom. The molecule has 0 spiro atoms. The first-order valence-electron chi connectivity index (χ1n) is 11.7. The van der Waals surface area contributed by atoms with Gasteiger partial charge < -0.3 is 4.74 Å². The average molecular weight is 531 g/mol. The Labute approximate surface area is 207 Å². The lowest BCUT2D eigenvalue weighted by Gasteiger charge is -2.18. The third kappa shape index (κ3) is 8.86. The molecule has 0 saturated heterocycles. The lowest BCUT2D eigenvalue weighted by atomic mass is 9.95. The summed E-state index contributed by atoms with van der Waals surface area (Å²) in [6, 6.07) is 3.95. The molecule has 11 heteroatoms. The number of hydrogen-bond acceptors (Lipinski definition) is 9. The second kappa shape index (κ2) is 13.4. The van der Waals surface area contributed by atoms with Crippen molar-refractivity contribution < 1.29 is 26.4 Å². The van der Waals surface area contributed by atoms with E-state index in [1.54, 1.807) is 0 Å². The first-order chi connectivity index (χ1) is 16.1. The minimum absolute atomic E-state index is 0.0893. The van der Waals surface area contributed by atoms with Gasteiger partial charge in [0.25, 0.3) is 0 Å². The van der Waals surface area contributed by atoms with Crippen molar-refractivity contribution >= 4 is 37.4 Å². The predicted octanol–water partition coefficient (Wildman–Crippen LogP) is 3.27. The summed E-state index contributed by atoms with van der Waals surface area (Å²) in [4.78, 5) is 16.9. The lowest BCUT2D eigenvalue weighted by molar-refractivity contribution is -0.140. The summed E-state index contributed by atoms with van der Waals surface area (Å²) in [5.74, 6) is -1.60. The van der Waals surface area contributed by atoms with Gasteiger partial charge in [-0.3, -0.25) is 4.79 Å². The van der Waals surface area contributed by atoms with E-state index in [4.69, 9.17) is 4.74 Å². The van der Waals surface area contributed by atoms with Gasteiger partial charge in [-0.25, -0.2) is 21.8 Å². The number of pyridine rings is 1. The second-order valence-corrected chi connectivity index (χ2v) is 14.1. The summed E-state index contributed by atoms with van der Waals surface area (Å²) in [7, 11) is -7.34. The van der Waals surface area contributed by atoms with Crippen LogP contribution in [-0.2, 0) is 42.0 Å². The maximum Gasteiger partial charge on any atom is 0.316 e. The standard InChI is InChI=1S/C23H34N2O6S3/c1-3-5-11-33(27,28)17-20(34(29,30)12-6-4-2)15-31-22(26)16-32-23-19(14-24)13-18-9-7-8-10-21(18)25-23/h13,20H,3-12,15-17H2,1-2H3. The topological polar surface area (TPSA) is 131 Å². The molecule has 190 valence electrons. The highest BCUT2D eigenvalue weighted by molar-refractivity contribution is 8.00. The number of carbonyl (C=O) groups is 1. The zero-order valence-electron chi connectivity index (χ0n) is 19.9. The first-order valence-corrected chi connectivity index (χ1v) is 16.3. The molecule has 34 heavy (non-hydrogen) atoms. The van der Waals surface area contributed by atoms with Gasteiger partial charge in [0.05, 0.1) is 28.6 Å². The van der Waals surface area contributed by atoms with Crippen LogP contribution in [0.2, 0.25) is 0 Å². The zero-order valence-corrected chi connectivity index (χ0v) is 22.4. The van der Waals surface area contributed by atoms with Gasteiger partial charge in [-0.05, 0) is 50.2 Å². The molecule has 0 saturated carbocycles. The highest BCUT2D eigenvalue weighted by Crippen LogP contribution is 2.27. The van der Waals surface area contributed by atoms with Crippen molar-refractivity contribution in [1.82, 2.24) is 4.98 Å². The molecule has 1 aliphatic carbocycles. The number of rotatable bonds is 14. The SMILES string of the molecule is CCCCS(=O)(=O)CC(COC(=O)CSc1nc2c(cc1C#N)CCCC2)S(=O)(=O)CCCC. The van der Waals surface area contributed by atoms with Gasteiger partial charge in [-0.15, -0.1) is 0 Å². The fourth-order valence-corrected chi connectivity index (χ4v) is 8.74. The van der Waals surface area contributed by atoms with E-state index in [1.807, 2.05) is 19.9 Å². The third-order valence-electron chi connectivity index (χ3n) is 5.68. The molecule has 2 rings (SSSR count). The Morgan fingerprint density at radius 1 is 1.15 bits per heavy atom. The maximum absolute atomic E-state index is 12.7. The Kier molecular flexibility index (Phi) is 11.3. The summed E-state index contributed by atoms with van der Waals surface area (Å²) in [6.07, 6.45) is 6.03. The number of nitrogens with zero attached hydrogens (tertiary/aromatic N) is 2. The number of hydrogen-bond donors (Lipinski definition) is 0. The number of nitriles is 1. The number of aryl methyl sites for hydroxylation is 2. The van der Waals surface area contributed by atoms with Gasteiger partial charge in [0.15, 0.2) is 19.7 Å². The van der Waals surface area contributed by atoms with E-state index < -0.39 is 43.3 Å². The second-order valence-electron chi connectivity index (χ2n) is 8.55. The van der Waals surface area contributed by atoms with Crippen LogP contribution in [0.4, 0.5) is 0 Å². The fraction of sp³-hybridized carbons (Fsp3) is 0.696. The van der Waals surface area contributed by atoms with Gasteiger partial charge in [0, 0.05) is 5.69 Å². The quantitative estimate of drug-likeness (QED) is 0.263. The molecule has 0 aromatic carbocycles. The molecule has 0 N–H and O–H groups in total. The minimum atomic E-state index is -3.75. The normalized spacial score (nSPS) is 14.7. The molecule has 8 nitrogen and oxygen atoms in total. The van der Waals surface area contributed by atoms with E-state index in [0.29, 0.717) is 36.3 Å². The number of thioether (sulfide) groups is 1. The molecule has 1 aromatic heterocycles. The van der Waals surface area contributed by atoms with Crippen LogP contribution in [0.25, 0.3) is 0 Å². The Hall–Kier alpha value is -1.64. The van der Waals surface area contributed by atoms with Crippen molar-refractivity contribution in [3.05, 3.63) is 22.9 Å². The van der Waals surface area contributed by atoms with Gasteiger partial charge in [0.1, 0.15) is 23.0 Å². The molecule has 0 aliphatic heterocycles. The molecular formula is C23H34N2O6S3. The molecule has 1 atom stereocenters. The lowest BCUT2D eigenvalue weighted by Crippen LogP contribution is -2.37. The van der Waals surface area contributed by atoms with Crippen LogP contribution >= 0.6 is 11.8 Å². The minimum Gasteiger partial charge on any atom is -0.464 e. The number of fused-ring (bicyclic) bond motifs is 1. The predicted molar refractivity (Wildman–Crippen MR) is 133 cm³/mol. The smallest absolute Gasteiger partial charge is 0.316 e. The van der Waals surface area contributed by atoms with E-state index in [9.17, 15) is 26.9 Å². The first kappa shape index (κ1) is 28.6. The number of esters is 1. The van der Waals surface area contributed by atoms with Gasteiger partial charge in [-0.2, -0.15) is 5.26 Å². The van der Waals surface area contributed by atoms with Crippen molar-refractivity contribution in [3.63, 3.8) is 0 Å². The molecule has 0 amide bonds. The maximum atomic E-state index is 12.7. The van der Waals surface area contributed by atoms with E-state index >= 15 is 0 Å². The molecule has 1 unspecified atom stereocenters. The van der Waals surface area contributed by atoms with Crippen LogP contribution in [0.3, 0.4) is 0 Å². The number of aromatic nitrogens is 1. The van der Waals surface area contributed by atoms with Crippen molar-refractivity contribution in [2.24, 2.45) is 0 Å². The Balaban J connectivity index is 2.04. The fourth-order valence-electron chi connectivity index (χ4n) is 3.66. The van der Waals surface area contributed by atoms with Crippen LogP contribution in [0.15, 0.2) is 11.1 Å². The van der Waals surface area contributed by atoms with Crippen molar-refractivity contribution in [1.29, 1.82) is 5.26 Å². The van der Waals surface area contributed by atoms with Crippen LogP contribution in [-0.4, -0.2) is 62.7 Å². The van der Waals surface area contributed by atoms with E-state index in [1.165, 1.54) is 0 Å². The highest BCUT2D eigenvalue weighted by Gasteiger charge is 2.31. The molecule has 1 aliphatic rings. The highest BCUT2D eigenvalue weighted by atomic mass is 32.2. The summed E-state index contributed by atoms with van der Waals surface area (Å²) < 4.78 is 55.5. The number of sulfone groups is 2. The Morgan fingerprint density at radius 2 is 1.82 bits per heavy atom. The summed E-state index contributed by atoms with van der Waals surface area (Å²) in [5, 5.41) is 8.62. The van der Waals surface area contributed by atoms with Gasteiger partial charge >= 0.3 is 5.97 Å². The largest absolute Gasteiger partial charge is 0.464 e. The van der Waals surface area contributed by atoms with Crippen molar-refractivity contribution in [2.45, 2.75) is 75.5 Å².